The van der Waals surface area contributed by atoms with Crippen LogP contribution in [0, 0.1) is 6.92 Å². The number of aromatic nitrogens is 2. The maximum atomic E-state index is 12.8. The summed E-state index contributed by atoms with van der Waals surface area (Å²) in [6.45, 7) is 2.10. The molecule has 0 atom stereocenters. The molecular formula is C33H25N2O2+. The molecule has 0 saturated heterocycles. The van der Waals surface area contributed by atoms with Crippen LogP contribution in [0.3, 0.4) is 0 Å². The molecule has 5 aromatic rings. The van der Waals surface area contributed by atoms with Gasteiger partial charge in [-0.15, -0.1) is 0 Å². The number of carbonyl (C=O) groups is 1. The largest absolute Gasteiger partial charge is 0.464 e. The molecule has 0 saturated carbocycles. The highest BCUT2D eigenvalue weighted by molar-refractivity contribution is 5.98. The summed E-state index contributed by atoms with van der Waals surface area (Å²) in [6, 6.07) is 30.8. The zero-order chi connectivity index (χ0) is 25.3. The van der Waals surface area contributed by atoms with Crippen molar-refractivity contribution in [2.75, 3.05) is 7.11 Å². The Labute approximate surface area is 215 Å². The van der Waals surface area contributed by atoms with Crippen LogP contribution in [0.15, 0.2) is 97.3 Å². The van der Waals surface area contributed by atoms with Crippen LogP contribution in [0.4, 0.5) is 0 Å². The van der Waals surface area contributed by atoms with E-state index in [0.29, 0.717) is 5.69 Å². The fourth-order valence-corrected chi connectivity index (χ4v) is 6.58. The second kappa shape index (κ2) is 7.71. The van der Waals surface area contributed by atoms with Crippen LogP contribution in [0.2, 0.25) is 0 Å². The van der Waals surface area contributed by atoms with Gasteiger partial charge in [-0.25, -0.2) is 9.78 Å². The minimum atomic E-state index is -0.444. The summed E-state index contributed by atoms with van der Waals surface area (Å²) in [5.41, 5.74) is 12.8. The van der Waals surface area contributed by atoms with Gasteiger partial charge in [-0.1, -0.05) is 78.9 Å². The van der Waals surface area contributed by atoms with Gasteiger partial charge in [0.1, 0.15) is 7.05 Å². The number of hydrogen-bond donors (Lipinski definition) is 0. The monoisotopic (exact) mass is 481 g/mol. The summed E-state index contributed by atoms with van der Waals surface area (Å²) in [5, 5.41) is 0. The first-order valence-electron chi connectivity index (χ1n) is 12.4. The topological polar surface area (TPSA) is 43.1 Å². The molecule has 0 bridgehead atoms. The van der Waals surface area contributed by atoms with Crippen molar-refractivity contribution in [3.8, 4) is 33.5 Å². The standard InChI is InChI=1S/C33H25N2O2/c1-20-18-25-23-12-6-9-15-28(23)33(26-13-7-4-10-21(26)22-11-5-8-14-27(22)33)29(25)19-24(20)31-30(32(36)37-3)34-16-17-35(31)2/h4-19H,1-3H3/q+1. The SMILES string of the molecule is COC(=O)c1ncc[n+](C)c1-c1cc2c(cc1C)-c1ccccc1C21c2ccccc2-c2ccccc21. The fraction of sp³-hybridized carbons (Fsp3) is 0.121. The van der Waals surface area contributed by atoms with Crippen LogP contribution < -0.4 is 4.57 Å². The van der Waals surface area contributed by atoms with Gasteiger partial charge < -0.3 is 4.74 Å². The summed E-state index contributed by atoms with van der Waals surface area (Å²) in [7, 11) is 3.34. The van der Waals surface area contributed by atoms with Gasteiger partial charge in [-0.05, 0) is 63.1 Å². The lowest BCUT2D eigenvalue weighted by molar-refractivity contribution is -0.661. The lowest BCUT2D eigenvalue weighted by Gasteiger charge is -2.30. The second-order valence-electron chi connectivity index (χ2n) is 9.83. The van der Waals surface area contributed by atoms with Gasteiger partial charge in [-0.3, -0.25) is 0 Å². The quantitative estimate of drug-likeness (QED) is 0.224. The molecule has 1 heterocycles. The molecule has 1 aromatic heterocycles. The van der Waals surface area contributed by atoms with E-state index in [9.17, 15) is 4.79 Å². The summed E-state index contributed by atoms with van der Waals surface area (Å²) in [4.78, 5) is 17.2. The molecule has 4 nitrogen and oxygen atoms in total. The highest BCUT2D eigenvalue weighted by Gasteiger charge is 2.51. The molecule has 0 unspecified atom stereocenters. The van der Waals surface area contributed by atoms with E-state index in [-0.39, 0.29) is 0 Å². The van der Waals surface area contributed by atoms with Gasteiger partial charge in [-0.2, -0.15) is 4.57 Å². The van der Waals surface area contributed by atoms with Crippen molar-refractivity contribution in [2.45, 2.75) is 12.3 Å². The minimum absolute atomic E-state index is 0.312. The smallest absolute Gasteiger partial charge is 0.363 e. The van der Waals surface area contributed by atoms with Crippen molar-refractivity contribution >= 4 is 5.97 Å². The lowest BCUT2D eigenvalue weighted by atomic mass is 9.70. The highest BCUT2D eigenvalue weighted by atomic mass is 16.5. The average molecular weight is 482 g/mol. The summed E-state index contributed by atoms with van der Waals surface area (Å²) < 4.78 is 7.07. The molecule has 37 heavy (non-hydrogen) atoms. The van der Waals surface area contributed by atoms with E-state index >= 15 is 0 Å². The Morgan fingerprint density at radius 1 is 0.757 bits per heavy atom. The van der Waals surface area contributed by atoms with Crippen LogP contribution in [-0.4, -0.2) is 18.1 Å². The molecule has 178 valence electrons. The zero-order valence-corrected chi connectivity index (χ0v) is 20.9. The van der Waals surface area contributed by atoms with Crippen molar-refractivity contribution < 1.29 is 14.1 Å². The first kappa shape index (κ1) is 21.7. The number of rotatable bonds is 2. The van der Waals surface area contributed by atoms with Gasteiger partial charge in [0.2, 0.25) is 11.4 Å². The van der Waals surface area contributed by atoms with Crippen molar-refractivity contribution in [1.29, 1.82) is 0 Å². The van der Waals surface area contributed by atoms with Crippen molar-refractivity contribution in [2.24, 2.45) is 7.05 Å². The molecule has 7 rings (SSSR count). The Morgan fingerprint density at radius 3 is 1.86 bits per heavy atom. The lowest BCUT2D eigenvalue weighted by Crippen LogP contribution is -2.34. The molecule has 0 radical (unpaired) electrons. The van der Waals surface area contributed by atoms with Gasteiger partial charge >= 0.3 is 5.97 Å². The van der Waals surface area contributed by atoms with Crippen LogP contribution in [-0.2, 0) is 17.2 Å². The number of hydrogen-bond acceptors (Lipinski definition) is 3. The van der Waals surface area contributed by atoms with E-state index in [4.69, 9.17) is 4.74 Å². The second-order valence-corrected chi connectivity index (χ2v) is 9.83. The number of carbonyl (C=O) groups excluding carboxylic acids is 1. The number of fused-ring (bicyclic) bond motifs is 10. The number of nitrogens with zero attached hydrogens (tertiary/aromatic N) is 2. The third-order valence-corrected chi connectivity index (χ3v) is 8.05. The number of esters is 1. The van der Waals surface area contributed by atoms with Gasteiger partial charge in [0, 0.05) is 0 Å². The number of aryl methyl sites for hydroxylation is 2. The highest BCUT2D eigenvalue weighted by Crippen LogP contribution is 2.63. The van der Waals surface area contributed by atoms with Crippen LogP contribution in [0.25, 0.3) is 33.5 Å². The van der Waals surface area contributed by atoms with E-state index in [1.54, 1.807) is 6.20 Å². The molecule has 0 amide bonds. The first-order valence-corrected chi connectivity index (χ1v) is 12.4. The van der Waals surface area contributed by atoms with Gasteiger partial charge in [0.15, 0.2) is 6.20 Å². The molecule has 2 aliphatic rings. The van der Waals surface area contributed by atoms with E-state index in [1.165, 1.54) is 51.6 Å². The summed E-state index contributed by atoms with van der Waals surface area (Å²) in [5.74, 6) is -0.444. The average Bonchev–Trinajstić information content (AvgIpc) is 3.39. The number of ether oxygens (including phenoxy) is 1. The van der Waals surface area contributed by atoms with Crippen LogP contribution in [0.1, 0.15) is 38.3 Å². The minimum Gasteiger partial charge on any atom is -0.464 e. The molecule has 0 N–H and O–H groups in total. The molecule has 1 spiro atoms. The first-order chi connectivity index (χ1) is 18.1. The fourth-order valence-electron chi connectivity index (χ4n) is 6.58. The Balaban J connectivity index is 1.63. The van der Waals surface area contributed by atoms with Crippen LogP contribution in [0.5, 0.6) is 0 Å². The Hall–Kier alpha value is -4.57. The number of methoxy groups -OCH3 is 1. The molecule has 0 aliphatic heterocycles. The maximum absolute atomic E-state index is 12.8. The summed E-state index contributed by atoms with van der Waals surface area (Å²) >= 11 is 0. The van der Waals surface area contributed by atoms with E-state index in [2.05, 4.69) is 96.8 Å². The van der Waals surface area contributed by atoms with E-state index < -0.39 is 11.4 Å². The van der Waals surface area contributed by atoms with Gasteiger partial charge in [0.25, 0.3) is 0 Å². The Morgan fingerprint density at radius 2 is 1.30 bits per heavy atom. The van der Waals surface area contributed by atoms with Crippen molar-refractivity contribution in [3.05, 3.63) is 131 Å². The van der Waals surface area contributed by atoms with Crippen molar-refractivity contribution in [3.63, 3.8) is 0 Å². The van der Waals surface area contributed by atoms with Gasteiger partial charge in [0.05, 0.1) is 24.3 Å². The molecular weight excluding hydrogens is 456 g/mol. The molecule has 4 aromatic carbocycles. The normalized spacial score (nSPS) is 13.6. The Kier molecular flexibility index (Phi) is 4.52. The third kappa shape index (κ3) is 2.70. The zero-order valence-electron chi connectivity index (χ0n) is 20.9. The summed E-state index contributed by atoms with van der Waals surface area (Å²) in [6.07, 6.45) is 3.51. The van der Waals surface area contributed by atoms with E-state index in [1.807, 2.05) is 17.8 Å². The molecule has 0 fully saturated rings. The van der Waals surface area contributed by atoms with Crippen molar-refractivity contribution in [1.82, 2.24) is 4.98 Å². The number of benzene rings is 4. The molecule has 4 heteroatoms. The van der Waals surface area contributed by atoms with E-state index in [0.717, 1.165) is 16.8 Å². The Bertz CT molecular complexity index is 1720. The third-order valence-electron chi connectivity index (χ3n) is 8.05. The predicted molar refractivity (Wildman–Crippen MR) is 143 cm³/mol. The van der Waals surface area contributed by atoms with Crippen LogP contribution >= 0.6 is 0 Å². The predicted octanol–water partition coefficient (Wildman–Crippen LogP) is 6.01. The maximum Gasteiger partial charge on any atom is 0.363 e. The molecule has 2 aliphatic carbocycles.